The third-order valence-corrected chi connectivity index (χ3v) is 8.98. The summed E-state index contributed by atoms with van der Waals surface area (Å²) in [5.41, 5.74) is 0. The number of hydrogen-bond acceptors (Lipinski definition) is 6. The van der Waals surface area contributed by atoms with Crippen LogP contribution in [0.2, 0.25) is 0 Å². The summed E-state index contributed by atoms with van der Waals surface area (Å²) in [4.78, 5) is 30.7. The van der Waals surface area contributed by atoms with Gasteiger partial charge >= 0.3 is 0 Å². The van der Waals surface area contributed by atoms with Crippen molar-refractivity contribution in [2.24, 2.45) is 17.8 Å². The van der Waals surface area contributed by atoms with Gasteiger partial charge in [0.15, 0.2) is 0 Å². The molecule has 0 radical (unpaired) electrons. The number of likely N-dealkylation sites (tertiary alicyclic amines) is 1. The van der Waals surface area contributed by atoms with Crippen LogP contribution >= 0.6 is 34.6 Å². The molecule has 0 aromatic carbocycles. The van der Waals surface area contributed by atoms with Crippen molar-refractivity contribution in [2.75, 3.05) is 52.1 Å². The summed E-state index contributed by atoms with van der Waals surface area (Å²) < 4.78 is 8.58. The second-order valence-electron chi connectivity index (χ2n) is 10.8. The predicted octanol–water partition coefficient (Wildman–Crippen LogP) is 3.23. The van der Waals surface area contributed by atoms with Crippen molar-refractivity contribution >= 4 is 46.4 Å². The first kappa shape index (κ1) is 27.5. The number of piperidine rings is 1. The zero-order valence-corrected chi connectivity index (χ0v) is 24.0. The molecule has 3 aliphatic rings. The van der Waals surface area contributed by atoms with Crippen molar-refractivity contribution in [1.82, 2.24) is 18.2 Å². The molecule has 1 N–H and O–H groups in total. The predicted molar refractivity (Wildman–Crippen MR) is 143 cm³/mol. The van der Waals surface area contributed by atoms with E-state index in [-0.39, 0.29) is 28.8 Å². The highest BCUT2D eigenvalue weighted by Gasteiger charge is 2.44. The number of carbonyl (C=O) groups is 2. The topological polar surface area (TPSA) is 65.1 Å². The normalized spacial score (nSPS) is 27.1. The van der Waals surface area contributed by atoms with Gasteiger partial charge in [-0.3, -0.25) is 12.7 Å². The van der Waals surface area contributed by atoms with Crippen LogP contribution in [-0.4, -0.2) is 93.9 Å². The molecule has 33 heavy (non-hydrogen) atoms. The van der Waals surface area contributed by atoms with Gasteiger partial charge in [-0.25, -0.2) is 0 Å². The van der Waals surface area contributed by atoms with Gasteiger partial charge in [0.1, 0.15) is 11.0 Å². The molecule has 0 aromatic heterocycles. The first-order valence-electron chi connectivity index (χ1n) is 12.6. The highest BCUT2D eigenvalue weighted by atomic mass is 127. The molecule has 1 spiro atoms. The molecule has 0 aliphatic carbocycles. The maximum Gasteiger partial charge on any atom is 0.245 e. The fraction of sp³-hybridized carbons (Fsp3) is 0.917. The second-order valence-corrected chi connectivity index (χ2v) is 13.8. The van der Waals surface area contributed by atoms with Gasteiger partial charge in [0, 0.05) is 80.1 Å². The monoisotopic (exact) mass is 594 g/mol. The molecule has 3 fully saturated rings. The van der Waals surface area contributed by atoms with E-state index >= 15 is 0 Å². The van der Waals surface area contributed by atoms with Crippen LogP contribution < -0.4 is 5.32 Å². The van der Waals surface area contributed by atoms with Crippen LogP contribution in [0.5, 0.6) is 0 Å². The highest BCUT2D eigenvalue weighted by molar-refractivity contribution is 14.1. The molecule has 7 nitrogen and oxygen atoms in total. The standard InChI is InChI=1S/C24H43IN4O3S/c1-17(2)12-20-22(30)29(11-8-26-20)21(13-18(3)4)23(31)28-9-6-24(7-10-28)32-15-19(16-33-24)14-27(5)25/h17-21,26H,6-16H2,1-5H3/t19?,20-,21-/m0/s1. The molecule has 3 rings (SSSR count). The number of thioether (sulfide) groups is 1. The van der Waals surface area contributed by atoms with E-state index in [1.807, 2.05) is 21.6 Å². The molecule has 3 atom stereocenters. The molecule has 3 heterocycles. The summed E-state index contributed by atoms with van der Waals surface area (Å²) in [6, 6.07) is -0.528. The summed E-state index contributed by atoms with van der Waals surface area (Å²) in [5, 5.41) is 3.37. The second kappa shape index (κ2) is 12.2. The molecule has 190 valence electrons. The quantitative estimate of drug-likeness (QED) is 0.344. The number of nitrogens with zero attached hydrogens (tertiary/aromatic N) is 3. The zero-order valence-electron chi connectivity index (χ0n) is 21.0. The van der Waals surface area contributed by atoms with E-state index in [9.17, 15) is 9.59 Å². The van der Waals surface area contributed by atoms with E-state index in [0.717, 1.165) is 51.1 Å². The largest absolute Gasteiger partial charge is 0.364 e. The Labute approximate surface area is 218 Å². The van der Waals surface area contributed by atoms with Crippen LogP contribution in [0.15, 0.2) is 0 Å². The van der Waals surface area contributed by atoms with E-state index in [2.05, 4.69) is 66.0 Å². The number of amides is 2. The fourth-order valence-electron chi connectivity index (χ4n) is 5.19. The van der Waals surface area contributed by atoms with Crippen molar-refractivity contribution in [2.45, 2.75) is 70.4 Å². The van der Waals surface area contributed by atoms with Crippen LogP contribution in [0.3, 0.4) is 0 Å². The molecule has 1 unspecified atom stereocenters. The lowest BCUT2D eigenvalue weighted by Gasteiger charge is -2.47. The van der Waals surface area contributed by atoms with Crippen LogP contribution in [0.25, 0.3) is 0 Å². The summed E-state index contributed by atoms with van der Waals surface area (Å²) in [6.07, 6.45) is 3.27. The molecular formula is C24H43IN4O3S. The van der Waals surface area contributed by atoms with Gasteiger partial charge in [0.2, 0.25) is 11.8 Å². The molecule has 0 aromatic rings. The molecule has 3 saturated heterocycles. The van der Waals surface area contributed by atoms with Crippen LogP contribution in [-0.2, 0) is 14.3 Å². The molecule has 2 amide bonds. The number of piperazine rings is 1. The van der Waals surface area contributed by atoms with Crippen molar-refractivity contribution in [3.05, 3.63) is 0 Å². The smallest absolute Gasteiger partial charge is 0.245 e. The third kappa shape index (κ3) is 7.44. The Morgan fingerprint density at radius 2 is 1.94 bits per heavy atom. The Bertz CT molecular complexity index is 660. The van der Waals surface area contributed by atoms with Gasteiger partial charge in [0.25, 0.3) is 0 Å². The minimum Gasteiger partial charge on any atom is -0.364 e. The molecule has 9 heteroatoms. The number of carbonyl (C=O) groups excluding carboxylic acids is 2. The number of nitrogens with one attached hydrogen (secondary N) is 1. The number of ether oxygens (including phenoxy) is 1. The molecular weight excluding hydrogens is 551 g/mol. The average molecular weight is 595 g/mol. The lowest BCUT2D eigenvalue weighted by atomic mass is 9.95. The Hall–Kier alpha value is -0.100. The van der Waals surface area contributed by atoms with E-state index < -0.39 is 0 Å². The molecule has 0 saturated carbocycles. The van der Waals surface area contributed by atoms with Crippen LogP contribution in [0, 0.1) is 17.8 Å². The minimum atomic E-state index is -0.355. The Balaban J connectivity index is 1.61. The van der Waals surface area contributed by atoms with Gasteiger partial charge in [-0.05, 0) is 31.7 Å². The Kier molecular flexibility index (Phi) is 10.2. The van der Waals surface area contributed by atoms with E-state index in [4.69, 9.17) is 4.74 Å². The summed E-state index contributed by atoms with van der Waals surface area (Å²) >= 11 is 4.27. The number of hydrogen-bond donors (Lipinski definition) is 1. The maximum atomic E-state index is 13.7. The van der Waals surface area contributed by atoms with Crippen molar-refractivity contribution in [3.63, 3.8) is 0 Å². The molecule has 0 bridgehead atoms. The lowest BCUT2D eigenvalue weighted by Crippen LogP contribution is -2.62. The summed E-state index contributed by atoms with van der Waals surface area (Å²) in [5.74, 6) is 2.70. The van der Waals surface area contributed by atoms with Gasteiger partial charge in [-0.15, -0.1) is 11.8 Å². The van der Waals surface area contributed by atoms with Gasteiger partial charge in [-0.2, -0.15) is 0 Å². The average Bonchev–Trinajstić information content (AvgIpc) is 2.75. The first-order chi connectivity index (χ1) is 15.6. The maximum absolute atomic E-state index is 13.7. The minimum absolute atomic E-state index is 0.0971. The molecule has 3 aliphatic heterocycles. The highest BCUT2D eigenvalue weighted by Crippen LogP contribution is 2.42. The van der Waals surface area contributed by atoms with Crippen LogP contribution in [0.4, 0.5) is 0 Å². The Morgan fingerprint density at radius 1 is 1.24 bits per heavy atom. The first-order valence-corrected chi connectivity index (χ1v) is 14.5. The van der Waals surface area contributed by atoms with E-state index in [1.165, 1.54) is 0 Å². The lowest BCUT2D eigenvalue weighted by molar-refractivity contribution is -0.151. The Morgan fingerprint density at radius 3 is 2.48 bits per heavy atom. The van der Waals surface area contributed by atoms with Crippen molar-refractivity contribution < 1.29 is 14.3 Å². The SMILES string of the molecule is CC(C)C[C@@H]1NCCN([C@@H](CC(C)C)C(=O)N2CCC3(CC2)OCC(CN(C)I)CS3)C1=O. The zero-order chi connectivity index (χ0) is 24.2. The third-order valence-electron chi connectivity index (χ3n) is 6.90. The van der Waals surface area contributed by atoms with E-state index in [1.54, 1.807) is 0 Å². The van der Waals surface area contributed by atoms with Crippen molar-refractivity contribution in [3.8, 4) is 0 Å². The fourth-order valence-corrected chi connectivity index (χ4v) is 7.11. The summed E-state index contributed by atoms with van der Waals surface area (Å²) in [7, 11) is 2.10. The number of rotatable bonds is 8. The number of halogens is 1. The van der Waals surface area contributed by atoms with E-state index in [0.29, 0.717) is 37.4 Å². The van der Waals surface area contributed by atoms with Crippen molar-refractivity contribution in [1.29, 1.82) is 0 Å². The van der Waals surface area contributed by atoms with Gasteiger partial charge in [0.05, 0.1) is 12.6 Å². The van der Waals surface area contributed by atoms with Gasteiger partial charge in [-0.1, -0.05) is 27.7 Å². The van der Waals surface area contributed by atoms with Gasteiger partial charge < -0.3 is 19.9 Å². The summed E-state index contributed by atoms with van der Waals surface area (Å²) in [6.45, 7) is 13.2. The van der Waals surface area contributed by atoms with Crippen LogP contribution in [0.1, 0.15) is 53.4 Å².